The minimum Gasteiger partial charge on any atom is -0.261 e. The maximum atomic E-state index is 4.49. The third-order valence-electron chi connectivity index (χ3n) is 2.64. The summed E-state index contributed by atoms with van der Waals surface area (Å²) in [6.07, 6.45) is 3.13. The van der Waals surface area contributed by atoms with Gasteiger partial charge in [-0.2, -0.15) is 0 Å². The standard InChI is InChI=1S/C13H21N/c1-6-11-8-14-13(10(4)5)7-12(11)9(2)3/h7-10H,6H2,1-5H3. The monoisotopic (exact) mass is 191 g/mol. The minimum absolute atomic E-state index is 0.526. The maximum absolute atomic E-state index is 4.49. The smallest absolute Gasteiger partial charge is 0.0432 e. The van der Waals surface area contributed by atoms with Gasteiger partial charge in [0.25, 0.3) is 0 Å². The van der Waals surface area contributed by atoms with Crippen LogP contribution in [0.2, 0.25) is 0 Å². The molecule has 0 unspecified atom stereocenters. The summed E-state index contributed by atoms with van der Waals surface area (Å²) in [6.45, 7) is 11.1. The molecule has 1 heterocycles. The molecule has 0 atom stereocenters. The Morgan fingerprint density at radius 2 is 1.79 bits per heavy atom. The van der Waals surface area contributed by atoms with E-state index in [0.29, 0.717) is 11.8 Å². The Morgan fingerprint density at radius 3 is 2.21 bits per heavy atom. The van der Waals surface area contributed by atoms with Crippen molar-refractivity contribution in [3.05, 3.63) is 29.1 Å². The van der Waals surface area contributed by atoms with E-state index in [4.69, 9.17) is 0 Å². The molecule has 0 saturated carbocycles. The molecule has 0 bridgehead atoms. The highest BCUT2D eigenvalue weighted by Gasteiger charge is 2.09. The van der Waals surface area contributed by atoms with Crippen molar-refractivity contribution in [3.63, 3.8) is 0 Å². The predicted octanol–water partition coefficient (Wildman–Crippen LogP) is 3.89. The molecule has 0 aliphatic carbocycles. The summed E-state index contributed by atoms with van der Waals surface area (Å²) < 4.78 is 0. The first-order valence-electron chi connectivity index (χ1n) is 5.55. The average Bonchev–Trinajstić information content (AvgIpc) is 2.16. The van der Waals surface area contributed by atoms with Gasteiger partial charge in [-0.3, -0.25) is 4.98 Å². The van der Waals surface area contributed by atoms with Gasteiger partial charge in [0, 0.05) is 11.9 Å². The van der Waals surface area contributed by atoms with Crippen LogP contribution in [0.1, 0.15) is 63.3 Å². The molecule has 1 aromatic rings. The Morgan fingerprint density at radius 1 is 1.14 bits per heavy atom. The molecule has 0 saturated heterocycles. The molecule has 0 aliphatic rings. The van der Waals surface area contributed by atoms with Crippen LogP contribution >= 0.6 is 0 Å². The fraction of sp³-hybridized carbons (Fsp3) is 0.615. The summed E-state index contributed by atoms with van der Waals surface area (Å²) in [6, 6.07) is 2.27. The molecule has 1 heteroatoms. The van der Waals surface area contributed by atoms with Gasteiger partial charge in [-0.05, 0) is 35.4 Å². The quantitative estimate of drug-likeness (QED) is 0.706. The third-order valence-corrected chi connectivity index (χ3v) is 2.64. The number of rotatable bonds is 3. The predicted molar refractivity (Wildman–Crippen MR) is 61.8 cm³/mol. The molecule has 14 heavy (non-hydrogen) atoms. The van der Waals surface area contributed by atoms with E-state index in [9.17, 15) is 0 Å². The number of hydrogen-bond acceptors (Lipinski definition) is 1. The Kier molecular flexibility index (Phi) is 3.68. The molecular formula is C13H21N. The van der Waals surface area contributed by atoms with Crippen LogP contribution in [0.25, 0.3) is 0 Å². The van der Waals surface area contributed by atoms with E-state index in [1.807, 2.05) is 6.20 Å². The van der Waals surface area contributed by atoms with Crippen LogP contribution in [0.3, 0.4) is 0 Å². The topological polar surface area (TPSA) is 12.9 Å². The Balaban J connectivity index is 3.14. The molecule has 1 rings (SSSR count). The summed E-state index contributed by atoms with van der Waals surface area (Å²) in [7, 11) is 0. The van der Waals surface area contributed by atoms with E-state index in [0.717, 1.165) is 6.42 Å². The van der Waals surface area contributed by atoms with Crippen LogP contribution in [-0.2, 0) is 6.42 Å². The SMILES string of the molecule is CCc1cnc(C(C)C)cc1C(C)C. The van der Waals surface area contributed by atoms with Gasteiger partial charge in [0.2, 0.25) is 0 Å². The lowest BCUT2D eigenvalue weighted by atomic mass is 9.95. The lowest BCUT2D eigenvalue weighted by Crippen LogP contribution is -2.01. The van der Waals surface area contributed by atoms with Crippen molar-refractivity contribution in [2.45, 2.75) is 52.9 Å². The number of hydrogen-bond donors (Lipinski definition) is 0. The molecule has 0 radical (unpaired) electrons. The van der Waals surface area contributed by atoms with Gasteiger partial charge >= 0.3 is 0 Å². The fourth-order valence-corrected chi connectivity index (χ4v) is 1.66. The molecular weight excluding hydrogens is 170 g/mol. The zero-order valence-electron chi connectivity index (χ0n) is 9.96. The van der Waals surface area contributed by atoms with Crippen molar-refractivity contribution in [2.24, 2.45) is 0 Å². The van der Waals surface area contributed by atoms with Crippen molar-refractivity contribution in [3.8, 4) is 0 Å². The Labute approximate surface area is 87.6 Å². The molecule has 0 N–H and O–H groups in total. The average molecular weight is 191 g/mol. The van der Waals surface area contributed by atoms with Crippen LogP contribution in [0.5, 0.6) is 0 Å². The van der Waals surface area contributed by atoms with Crippen molar-refractivity contribution >= 4 is 0 Å². The van der Waals surface area contributed by atoms with E-state index >= 15 is 0 Å². The van der Waals surface area contributed by atoms with Gasteiger partial charge in [-0.25, -0.2) is 0 Å². The van der Waals surface area contributed by atoms with Crippen LogP contribution < -0.4 is 0 Å². The highest BCUT2D eigenvalue weighted by atomic mass is 14.7. The highest BCUT2D eigenvalue weighted by molar-refractivity contribution is 5.30. The third kappa shape index (κ3) is 2.34. The molecule has 1 nitrogen and oxygen atoms in total. The van der Waals surface area contributed by atoms with Crippen LogP contribution in [-0.4, -0.2) is 4.98 Å². The normalized spacial score (nSPS) is 11.4. The largest absolute Gasteiger partial charge is 0.261 e. The van der Waals surface area contributed by atoms with Gasteiger partial charge in [0.05, 0.1) is 0 Å². The van der Waals surface area contributed by atoms with Gasteiger partial charge in [0.1, 0.15) is 0 Å². The zero-order valence-corrected chi connectivity index (χ0v) is 9.96. The summed E-state index contributed by atoms with van der Waals surface area (Å²) >= 11 is 0. The molecule has 78 valence electrons. The molecule has 0 aliphatic heterocycles. The van der Waals surface area contributed by atoms with E-state index in [1.165, 1.54) is 16.8 Å². The Hall–Kier alpha value is -0.850. The number of pyridine rings is 1. The number of aromatic nitrogens is 1. The first kappa shape index (κ1) is 11.2. The molecule has 0 spiro atoms. The lowest BCUT2D eigenvalue weighted by Gasteiger charge is -2.14. The lowest BCUT2D eigenvalue weighted by molar-refractivity contribution is 0.786. The van der Waals surface area contributed by atoms with Gasteiger partial charge in [-0.15, -0.1) is 0 Å². The van der Waals surface area contributed by atoms with Crippen LogP contribution in [0, 0.1) is 0 Å². The summed E-state index contributed by atoms with van der Waals surface area (Å²) in [5.74, 6) is 1.13. The van der Waals surface area contributed by atoms with Crippen LogP contribution in [0.15, 0.2) is 12.3 Å². The Bertz CT molecular complexity index is 300. The van der Waals surface area contributed by atoms with Crippen molar-refractivity contribution in [1.82, 2.24) is 4.98 Å². The maximum Gasteiger partial charge on any atom is 0.0432 e. The van der Waals surface area contributed by atoms with E-state index in [2.05, 4.69) is 45.7 Å². The molecule has 0 aromatic carbocycles. The second-order valence-corrected chi connectivity index (χ2v) is 4.47. The molecule has 0 fully saturated rings. The van der Waals surface area contributed by atoms with E-state index in [1.54, 1.807) is 0 Å². The molecule has 1 aromatic heterocycles. The zero-order chi connectivity index (χ0) is 10.7. The second-order valence-electron chi connectivity index (χ2n) is 4.47. The molecule has 0 amide bonds. The van der Waals surface area contributed by atoms with Gasteiger partial charge in [0.15, 0.2) is 0 Å². The fourth-order valence-electron chi connectivity index (χ4n) is 1.66. The van der Waals surface area contributed by atoms with Gasteiger partial charge < -0.3 is 0 Å². The second kappa shape index (κ2) is 4.59. The number of aryl methyl sites for hydroxylation is 1. The summed E-state index contributed by atoms with van der Waals surface area (Å²) in [4.78, 5) is 4.49. The van der Waals surface area contributed by atoms with E-state index < -0.39 is 0 Å². The summed E-state index contributed by atoms with van der Waals surface area (Å²) in [5.41, 5.74) is 4.07. The van der Waals surface area contributed by atoms with Crippen molar-refractivity contribution in [2.75, 3.05) is 0 Å². The van der Waals surface area contributed by atoms with Crippen LogP contribution in [0.4, 0.5) is 0 Å². The first-order valence-corrected chi connectivity index (χ1v) is 5.55. The minimum atomic E-state index is 0.526. The van der Waals surface area contributed by atoms with E-state index in [-0.39, 0.29) is 0 Å². The highest BCUT2D eigenvalue weighted by Crippen LogP contribution is 2.23. The number of nitrogens with zero attached hydrogens (tertiary/aromatic N) is 1. The summed E-state index contributed by atoms with van der Waals surface area (Å²) in [5, 5.41) is 0. The van der Waals surface area contributed by atoms with Gasteiger partial charge in [-0.1, -0.05) is 34.6 Å². The first-order chi connectivity index (χ1) is 6.56. The van der Waals surface area contributed by atoms with Crippen molar-refractivity contribution in [1.29, 1.82) is 0 Å². The van der Waals surface area contributed by atoms with Crippen molar-refractivity contribution < 1.29 is 0 Å².